The smallest absolute Gasteiger partial charge is 0.404 e. The highest BCUT2D eigenvalue weighted by atomic mass is 32.2. The minimum absolute atomic E-state index is 0.0750. The molecule has 2 heterocycles. The van der Waals surface area contributed by atoms with Crippen molar-refractivity contribution in [1.29, 1.82) is 0 Å². The van der Waals surface area contributed by atoms with E-state index in [4.69, 9.17) is 18.9 Å². The number of carbonyl (C=O) groups excluding carboxylic acids is 6. The maximum Gasteiger partial charge on any atom is 0.404 e. The summed E-state index contributed by atoms with van der Waals surface area (Å²) in [6.45, 7) is 6.46. The standard InChI is InChI=1S/C34H37N2O14S/c1-19-21-9-10-22-33(23(17-37)32(2,3)14-13-24(33)38)18-48-31(42)34(22,27(19)41)28(21)49-26(40)12-11-25(39)46-15-16-47-29-30(36(43)50-35-29)51(44,45)20-7-5-4-6-8-20/h4-8,17,21-23,28,35H,1,9-16,18H2,2-3H3/q+1/t21-,22-,23+,28+,33-,34-/m0/s1. The molecule has 1 saturated heterocycles. The van der Waals surface area contributed by atoms with Crippen molar-refractivity contribution in [2.45, 2.75) is 68.4 Å². The molecule has 1 aromatic carbocycles. The Hall–Kier alpha value is -4.93. The molecule has 6 atom stereocenters. The molecule has 1 N–H and O–H groups in total. The Kier molecular flexibility index (Phi) is 9.14. The lowest BCUT2D eigenvalue weighted by Crippen LogP contribution is -2.70. The average Bonchev–Trinajstić information content (AvgIpc) is 3.53. The molecule has 6 rings (SSSR count). The van der Waals surface area contributed by atoms with Crippen molar-refractivity contribution in [3.05, 3.63) is 47.4 Å². The fourth-order valence-electron chi connectivity index (χ4n) is 8.55. The first-order valence-corrected chi connectivity index (χ1v) is 17.9. The van der Waals surface area contributed by atoms with Gasteiger partial charge in [-0.2, -0.15) is 0 Å². The van der Waals surface area contributed by atoms with Crippen molar-refractivity contribution >= 4 is 45.6 Å². The van der Waals surface area contributed by atoms with E-state index in [1.165, 1.54) is 24.3 Å². The highest BCUT2D eigenvalue weighted by Gasteiger charge is 2.78. The summed E-state index contributed by atoms with van der Waals surface area (Å²) in [5.41, 5.74) is -4.10. The van der Waals surface area contributed by atoms with E-state index in [1.807, 2.05) is 13.8 Å². The predicted octanol–water partition coefficient (Wildman–Crippen LogP) is 1.87. The van der Waals surface area contributed by atoms with E-state index in [1.54, 1.807) is 6.07 Å². The van der Waals surface area contributed by atoms with Crippen LogP contribution in [0.1, 0.15) is 52.4 Å². The number of rotatable bonds is 11. The Morgan fingerprint density at radius 3 is 2.49 bits per heavy atom. The van der Waals surface area contributed by atoms with Gasteiger partial charge in [0.1, 0.15) is 38.0 Å². The highest BCUT2D eigenvalue weighted by molar-refractivity contribution is 7.91. The molecule has 0 amide bonds. The summed E-state index contributed by atoms with van der Waals surface area (Å²) in [5, 5.41) is 1.22. The minimum atomic E-state index is -4.33. The molecule has 17 heteroatoms. The quantitative estimate of drug-likeness (QED) is 0.0871. The first kappa shape index (κ1) is 35.9. The van der Waals surface area contributed by atoms with Crippen molar-refractivity contribution in [1.82, 2.24) is 5.16 Å². The number of H-pyrrole nitrogens is 1. The van der Waals surface area contributed by atoms with Gasteiger partial charge in [0.2, 0.25) is 4.60 Å². The second-order valence-electron chi connectivity index (χ2n) is 14.0. The van der Waals surface area contributed by atoms with E-state index in [2.05, 4.69) is 16.4 Å². The van der Waals surface area contributed by atoms with Crippen molar-refractivity contribution in [2.75, 3.05) is 19.8 Å². The first-order chi connectivity index (χ1) is 24.1. The van der Waals surface area contributed by atoms with Gasteiger partial charge in [-0.3, -0.25) is 24.0 Å². The van der Waals surface area contributed by atoms with Crippen LogP contribution in [0.25, 0.3) is 0 Å². The zero-order chi connectivity index (χ0) is 36.9. The summed E-state index contributed by atoms with van der Waals surface area (Å²) < 4.78 is 51.8. The van der Waals surface area contributed by atoms with Crippen LogP contribution in [0.4, 0.5) is 0 Å². The van der Waals surface area contributed by atoms with Gasteiger partial charge < -0.3 is 23.7 Å². The largest absolute Gasteiger partial charge is 0.464 e. The molecule has 0 radical (unpaired) electrons. The molecule has 4 aliphatic rings. The van der Waals surface area contributed by atoms with Crippen LogP contribution in [0.2, 0.25) is 0 Å². The second kappa shape index (κ2) is 13.0. The number of fused-ring (bicyclic) bond motifs is 2. The van der Waals surface area contributed by atoms with Gasteiger partial charge in [-0.1, -0.05) is 43.3 Å². The maximum absolute atomic E-state index is 14.0. The molecule has 272 valence electrons. The van der Waals surface area contributed by atoms with Crippen LogP contribution >= 0.6 is 0 Å². The minimum Gasteiger partial charge on any atom is -0.464 e. The topological polar surface area (TPSA) is 225 Å². The summed E-state index contributed by atoms with van der Waals surface area (Å²) in [6, 6.07) is 7.09. The fourth-order valence-corrected chi connectivity index (χ4v) is 9.86. The lowest BCUT2D eigenvalue weighted by Gasteiger charge is -2.59. The zero-order valence-corrected chi connectivity index (χ0v) is 28.7. The van der Waals surface area contributed by atoms with E-state index in [0.717, 1.165) is 0 Å². The molecule has 2 bridgehead atoms. The molecular formula is C34H37N2O14S+. The molecule has 0 unspecified atom stereocenters. The number of cyclic esters (lactones) is 1. The lowest BCUT2D eigenvalue weighted by atomic mass is 9.44. The number of hydrogen-bond donors (Lipinski definition) is 1. The number of nitrogens with one attached hydrogen (secondary N) is 1. The second-order valence-corrected chi connectivity index (χ2v) is 15.8. The number of esters is 3. The van der Waals surface area contributed by atoms with Crippen LogP contribution in [0.3, 0.4) is 0 Å². The van der Waals surface area contributed by atoms with Crippen molar-refractivity contribution < 1.29 is 65.4 Å². The van der Waals surface area contributed by atoms with Crippen LogP contribution in [0.15, 0.2) is 57.0 Å². The Morgan fingerprint density at radius 2 is 1.78 bits per heavy atom. The lowest BCUT2D eigenvalue weighted by molar-refractivity contribution is -0.744. The summed E-state index contributed by atoms with van der Waals surface area (Å²) in [6.07, 6.45) is -0.524. The monoisotopic (exact) mass is 729 g/mol. The molecule has 2 aromatic rings. The highest BCUT2D eigenvalue weighted by Crippen LogP contribution is 2.67. The Labute approximate surface area is 291 Å². The number of Topliss-reactive ketones (excluding diaryl/α,β-unsaturated/α-hetero) is 2. The molecule has 2 spiro atoms. The summed E-state index contributed by atoms with van der Waals surface area (Å²) in [5.74, 6) is -6.73. The van der Waals surface area contributed by atoms with Gasteiger partial charge in [-0.05, 0) is 52.4 Å². The van der Waals surface area contributed by atoms with Gasteiger partial charge >= 0.3 is 28.8 Å². The number of ketones is 2. The third-order valence-corrected chi connectivity index (χ3v) is 12.7. The normalized spacial score (nSPS) is 29.6. The molecule has 1 aromatic heterocycles. The SMILES string of the molecule is C=C1C(=O)[C@@]23C(=O)OC[C@]4(C(=O)CCC(C)(C)[C@H]4C=O)[C@@H]2CC[C@@H]1[C@H]3OC(=O)CCC(=O)OCCOc1[nH]o[n+](=O)c1S(=O)(=O)c1ccccc1. The van der Waals surface area contributed by atoms with E-state index in [-0.39, 0.29) is 46.7 Å². The van der Waals surface area contributed by atoms with Gasteiger partial charge in [-0.25, -0.2) is 8.42 Å². The number of ether oxygens (including phenoxy) is 4. The van der Waals surface area contributed by atoms with Crippen molar-refractivity contribution in [2.24, 2.45) is 34.0 Å². The number of benzene rings is 1. The van der Waals surface area contributed by atoms with Crippen LogP contribution in [-0.2, 0) is 52.8 Å². The van der Waals surface area contributed by atoms with Gasteiger partial charge in [0, 0.05) is 24.2 Å². The summed E-state index contributed by atoms with van der Waals surface area (Å²) in [4.78, 5) is 91.6. The number of hydrogen-bond acceptors (Lipinski definition) is 14. The summed E-state index contributed by atoms with van der Waals surface area (Å²) in [7, 11) is -4.33. The van der Waals surface area contributed by atoms with Crippen molar-refractivity contribution in [3.63, 3.8) is 0 Å². The average molecular weight is 730 g/mol. The third-order valence-electron chi connectivity index (χ3n) is 11.0. The van der Waals surface area contributed by atoms with Crippen LogP contribution < -0.4 is 9.34 Å². The van der Waals surface area contributed by atoms with Crippen LogP contribution in [0.5, 0.6) is 5.88 Å². The van der Waals surface area contributed by atoms with E-state index in [0.29, 0.717) is 12.7 Å². The number of sulfone groups is 1. The Balaban J connectivity index is 1.10. The number of aldehydes is 1. The predicted molar refractivity (Wildman–Crippen MR) is 168 cm³/mol. The molecule has 3 saturated carbocycles. The third kappa shape index (κ3) is 5.52. The summed E-state index contributed by atoms with van der Waals surface area (Å²) >= 11 is 0. The molecule has 1 aliphatic heterocycles. The number of aromatic amines is 1. The maximum atomic E-state index is 14.0. The van der Waals surface area contributed by atoms with Gasteiger partial charge in [-0.15, -0.1) is 0 Å². The van der Waals surface area contributed by atoms with Gasteiger partial charge in [0.15, 0.2) is 11.2 Å². The van der Waals surface area contributed by atoms with E-state index < -0.39 is 111 Å². The molecule has 4 fully saturated rings. The van der Waals surface area contributed by atoms with E-state index in [9.17, 15) is 42.1 Å². The number of nitrogens with zero attached hydrogens (tertiary/aromatic N) is 1. The number of carbonyl (C=O) groups is 6. The molecule has 16 nitrogen and oxygen atoms in total. The van der Waals surface area contributed by atoms with E-state index >= 15 is 0 Å². The first-order valence-electron chi connectivity index (χ1n) is 16.5. The van der Waals surface area contributed by atoms with Gasteiger partial charge in [0.05, 0.1) is 23.2 Å². The van der Waals surface area contributed by atoms with Crippen molar-refractivity contribution in [3.8, 4) is 5.88 Å². The van der Waals surface area contributed by atoms with Crippen LogP contribution in [0, 0.1) is 38.9 Å². The van der Waals surface area contributed by atoms with Gasteiger partial charge in [0.25, 0.3) is 9.84 Å². The Bertz CT molecular complexity index is 1980. The fraction of sp³-hybridized carbons (Fsp3) is 0.529. The zero-order valence-electron chi connectivity index (χ0n) is 27.9. The molecule has 3 aliphatic carbocycles. The Morgan fingerprint density at radius 1 is 1.08 bits per heavy atom. The molecule has 51 heavy (non-hydrogen) atoms. The van der Waals surface area contributed by atoms with Crippen LogP contribution in [-0.4, -0.2) is 75.3 Å². The number of aromatic nitrogens is 2. The molecular weight excluding hydrogens is 692 g/mol.